The summed E-state index contributed by atoms with van der Waals surface area (Å²) in [6, 6.07) is 7.27. The van der Waals surface area contributed by atoms with Crippen molar-refractivity contribution in [2.24, 2.45) is 0 Å². The maximum atomic E-state index is 11.6. The van der Waals surface area contributed by atoms with Crippen LogP contribution in [0.25, 0.3) is 0 Å². The molecule has 1 fully saturated rings. The van der Waals surface area contributed by atoms with Gasteiger partial charge < -0.3 is 20.9 Å². The van der Waals surface area contributed by atoms with Crippen LogP contribution in [0.5, 0.6) is 0 Å². The van der Waals surface area contributed by atoms with Crippen molar-refractivity contribution in [2.75, 3.05) is 29.0 Å². The maximum Gasteiger partial charge on any atom is 0.247 e. The van der Waals surface area contributed by atoms with Crippen molar-refractivity contribution >= 4 is 47.1 Å². The first kappa shape index (κ1) is 19.6. The van der Waals surface area contributed by atoms with Crippen LogP contribution in [0.3, 0.4) is 0 Å². The normalized spacial score (nSPS) is 16.2. The van der Waals surface area contributed by atoms with Crippen LogP contribution in [-0.2, 0) is 9.59 Å². The number of anilines is 4. The molecule has 8 nitrogen and oxygen atoms in total. The molecule has 1 aromatic carbocycles. The first-order valence-electron chi connectivity index (χ1n) is 8.87. The molecule has 146 valence electrons. The topological polar surface area (TPSA) is 99.2 Å². The Bertz CT molecular complexity index is 875. The van der Waals surface area contributed by atoms with Crippen LogP contribution in [-0.4, -0.2) is 46.3 Å². The summed E-state index contributed by atoms with van der Waals surface area (Å²) in [4.78, 5) is 33.0. The van der Waals surface area contributed by atoms with Gasteiger partial charge in [-0.1, -0.05) is 30.3 Å². The van der Waals surface area contributed by atoms with Crippen LogP contribution in [0.15, 0.2) is 43.1 Å². The van der Waals surface area contributed by atoms with Gasteiger partial charge in [0.15, 0.2) is 5.82 Å². The molecule has 2 heterocycles. The number of nitrogens with zero attached hydrogens (tertiary/aromatic N) is 3. The minimum absolute atomic E-state index is 0.0761. The lowest BCUT2D eigenvalue weighted by Crippen LogP contribution is -2.41. The summed E-state index contributed by atoms with van der Waals surface area (Å²) in [5.74, 6) is 0.502. The van der Waals surface area contributed by atoms with Gasteiger partial charge in [-0.2, -0.15) is 4.98 Å². The van der Waals surface area contributed by atoms with Gasteiger partial charge >= 0.3 is 0 Å². The van der Waals surface area contributed by atoms with E-state index in [2.05, 4.69) is 32.5 Å². The van der Waals surface area contributed by atoms with Crippen LogP contribution >= 0.6 is 11.6 Å². The van der Waals surface area contributed by atoms with Crippen LogP contribution in [0.4, 0.5) is 23.1 Å². The Morgan fingerprint density at radius 3 is 2.86 bits per heavy atom. The van der Waals surface area contributed by atoms with Crippen LogP contribution in [0, 0.1) is 0 Å². The summed E-state index contributed by atoms with van der Waals surface area (Å²) in [5, 5.41) is 9.45. The minimum Gasteiger partial charge on any atom is -0.350 e. The van der Waals surface area contributed by atoms with Gasteiger partial charge in [-0.05, 0) is 31.1 Å². The third-order valence-electron chi connectivity index (χ3n) is 4.30. The maximum absolute atomic E-state index is 11.6. The van der Waals surface area contributed by atoms with Gasteiger partial charge in [0.1, 0.15) is 5.02 Å². The van der Waals surface area contributed by atoms with Gasteiger partial charge in [0.05, 0.1) is 17.6 Å². The number of carbonyl (C=O) groups excluding carboxylic acids is 2. The average Bonchev–Trinajstić information content (AvgIpc) is 2.72. The second-order valence-corrected chi connectivity index (χ2v) is 6.75. The second-order valence-electron chi connectivity index (χ2n) is 6.34. The zero-order chi connectivity index (χ0) is 19.9. The Morgan fingerprint density at radius 1 is 1.32 bits per heavy atom. The molecule has 2 aromatic rings. The number of piperidine rings is 1. The van der Waals surface area contributed by atoms with E-state index in [4.69, 9.17) is 11.6 Å². The van der Waals surface area contributed by atoms with Crippen molar-refractivity contribution in [3.05, 3.63) is 48.1 Å². The first-order chi connectivity index (χ1) is 13.6. The van der Waals surface area contributed by atoms with Crippen molar-refractivity contribution in [1.29, 1.82) is 0 Å². The lowest BCUT2D eigenvalue weighted by molar-refractivity contribution is -0.119. The van der Waals surface area contributed by atoms with E-state index < -0.39 is 0 Å². The minimum atomic E-state index is -0.317. The van der Waals surface area contributed by atoms with Gasteiger partial charge in [-0.15, -0.1) is 0 Å². The Balaban J connectivity index is 1.76. The third-order valence-corrected chi connectivity index (χ3v) is 4.58. The zero-order valence-electron chi connectivity index (χ0n) is 15.2. The fraction of sp³-hybridized carbons (Fsp3) is 0.263. The van der Waals surface area contributed by atoms with Crippen molar-refractivity contribution < 1.29 is 9.59 Å². The third kappa shape index (κ3) is 4.98. The predicted octanol–water partition coefficient (Wildman–Crippen LogP) is 3.03. The largest absolute Gasteiger partial charge is 0.350 e. The molecule has 28 heavy (non-hydrogen) atoms. The summed E-state index contributed by atoms with van der Waals surface area (Å²) in [7, 11) is 0. The number of rotatable bonds is 7. The summed E-state index contributed by atoms with van der Waals surface area (Å²) in [5.41, 5.74) is 1.21. The molecule has 1 aliphatic rings. The molecule has 2 amide bonds. The van der Waals surface area contributed by atoms with E-state index in [-0.39, 0.29) is 11.9 Å². The lowest BCUT2D eigenvalue weighted by Gasteiger charge is -2.30. The molecule has 0 aliphatic carbocycles. The number of amides is 2. The monoisotopic (exact) mass is 400 g/mol. The van der Waals surface area contributed by atoms with E-state index in [1.807, 2.05) is 6.07 Å². The molecular formula is C19H21ClN6O2. The zero-order valence-corrected chi connectivity index (χ0v) is 15.9. The highest BCUT2D eigenvalue weighted by atomic mass is 35.5. The van der Waals surface area contributed by atoms with Crippen molar-refractivity contribution in [1.82, 2.24) is 14.9 Å². The van der Waals surface area contributed by atoms with Gasteiger partial charge in [-0.3, -0.25) is 9.59 Å². The van der Waals surface area contributed by atoms with Gasteiger partial charge in [0, 0.05) is 19.1 Å². The number of carbonyl (C=O) groups is 2. The van der Waals surface area contributed by atoms with Gasteiger partial charge in [0.2, 0.25) is 18.3 Å². The quantitative estimate of drug-likeness (QED) is 0.488. The van der Waals surface area contributed by atoms with Gasteiger partial charge in [-0.25, -0.2) is 4.98 Å². The smallest absolute Gasteiger partial charge is 0.247 e. The molecular weight excluding hydrogens is 380 g/mol. The highest BCUT2D eigenvalue weighted by molar-refractivity contribution is 6.33. The predicted molar refractivity (Wildman–Crippen MR) is 110 cm³/mol. The van der Waals surface area contributed by atoms with E-state index >= 15 is 0 Å². The molecule has 9 heteroatoms. The second kappa shape index (κ2) is 9.18. The first-order valence-corrected chi connectivity index (χ1v) is 9.24. The van der Waals surface area contributed by atoms with Crippen LogP contribution in [0.1, 0.15) is 12.8 Å². The summed E-state index contributed by atoms with van der Waals surface area (Å²) >= 11 is 6.25. The molecule has 0 radical (unpaired) electrons. The van der Waals surface area contributed by atoms with E-state index in [9.17, 15) is 9.59 Å². The van der Waals surface area contributed by atoms with Crippen molar-refractivity contribution in [2.45, 2.75) is 18.9 Å². The average molecular weight is 401 g/mol. The number of halogens is 1. The molecule has 1 saturated heterocycles. The van der Waals surface area contributed by atoms with E-state index in [1.165, 1.54) is 12.3 Å². The molecule has 3 N–H and O–H groups in total. The number of para-hydroxylation sites is 2. The fourth-order valence-electron chi connectivity index (χ4n) is 2.94. The Morgan fingerprint density at radius 2 is 2.11 bits per heavy atom. The Labute approximate surface area is 168 Å². The standard InChI is InChI=1S/C19H21ClN6O2/c1-2-17(28)23-15-7-3-4-8-16(15)24-18-14(20)10-21-19(25-18)22-13-6-5-9-26(11-13)12-27/h2-4,7-8,10,12-13H,1,5-6,9,11H2,(H,23,28)(H2,21,22,24,25)/t13-/m0/s1. The molecule has 0 bridgehead atoms. The fourth-order valence-corrected chi connectivity index (χ4v) is 3.08. The number of likely N-dealkylation sites (tertiary alicyclic amines) is 1. The molecule has 3 rings (SSSR count). The molecule has 1 aliphatic heterocycles. The number of hydrogen-bond acceptors (Lipinski definition) is 6. The Kier molecular flexibility index (Phi) is 6.44. The summed E-state index contributed by atoms with van der Waals surface area (Å²) in [6.45, 7) is 4.83. The number of nitrogens with one attached hydrogen (secondary N) is 3. The summed E-state index contributed by atoms with van der Waals surface area (Å²) in [6.07, 6.45) is 5.41. The van der Waals surface area contributed by atoms with Crippen LogP contribution < -0.4 is 16.0 Å². The van der Waals surface area contributed by atoms with Crippen molar-refractivity contribution in [3.8, 4) is 0 Å². The Hall–Kier alpha value is -3.13. The van der Waals surface area contributed by atoms with E-state index in [1.54, 1.807) is 23.1 Å². The molecule has 0 saturated carbocycles. The molecule has 1 aromatic heterocycles. The SMILES string of the molecule is C=CC(=O)Nc1ccccc1Nc1nc(N[C@H]2CCCN(C=O)C2)ncc1Cl. The van der Waals surface area contributed by atoms with Gasteiger partial charge in [0.25, 0.3) is 0 Å². The molecule has 0 spiro atoms. The van der Waals surface area contributed by atoms with E-state index in [0.717, 1.165) is 25.8 Å². The van der Waals surface area contributed by atoms with Crippen LogP contribution in [0.2, 0.25) is 5.02 Å². The lowest BCUT2D eigenvalue weighted by atomic mass is 10.1. The highest BCUT2D eigenvalue weighted by Crippen LogP contribution is 2.29. The number of benzene rings is 1. The number of hydrogen-bond donors (Lipinski definition) is 3. The number of aromatic nitrogens is 2. The molecule has 1 atom stereocenters. The highest BCUT2D eigenvalue weighted by Gasteiger charge is 2.19. The summed E-state index contributed by atoms with van der Waals surface area (Å²) < 4.78 is 0. The molecule has 0 unspecified atom stereocenters. The van der Waals surface area contributed by atoms with Crippen molar-refractivity contribution in [3.63, 3.8) is 0 Å². The van der Waals surface area contributed by atoms with E-state index in [0.29, 0.717) is 34.7 Å².